The lowest BCUT2D eigenvalue weighted by Crippen LogP contribution is -2.38. The Morgan fingerprint density at radius 1 is 1.15 bits per heavy atom. The molecule has 2 aromatic carbocycles. The van der Waals surface area contributed by atoms with E-state index in [0.29, 0.717) is 10.3 Å². The van der Waals surface area contributed by atoms with Crippen molar-refractivity contribution in [3.05, 3.63) is 92.5 Å². The summed E-state index contributed by atoms with van der Waals surface area (Å²) in [6, 6.07) is 9.69. The molecule has 0 spiro atoms. The molecule has 0 unspecified atom stereocenters. The van der Waals surface area contributed by atoms with Gasteiger partial charge in [-0.1, -0.05) is 36.4 Å². The molecular formula is C23H20ClFN2O6. The molecule has 0 aliphatic rings. The lowest BCUT2D eigenvalue weighted by Gasteiger charge is -2.15. The highest BCUT2D eigenvalue weighted by molar-refractivity contribution is 6.32. The van der Waals surface area contributed by atoms with Crippen molar-refractivity contribution in [2.24, 2.45) is 7.05 Å². The highest BCUT2D eigenvalue weighted by atomic mass is 35.5. The van der Waals surface area contributed by atoms with Gasteiger partial charge in [-0.15, -0.1) is 0 Å². The van der Waals surface area contributed by atoms with Crippen LogP contribution in [0.4, 0.5) is 4.39 Å². The molecule has 3 rings (SSSR count). The molecule has 0 N–H and O–H groups in total. The molecule has 1 aromatic heterocycles. The molecule has 0 bridgehead atoms. The van der Waals surface area contributed by atoms with Crippen molar-refractivity contribution < 1.29 is 23.4 Å². The fourth-order valence-electron chi connectivity index (χ4n) is 2.83. The number of benzene rings is 2. The van der Waals surface area contributed by atoms with Gasteiger partial charge in [-0.3, -0.25) is 4.79 Å². The van der Waals surface area contributed by atoms with E-state index >= 15 is 0 Å². The number of aryl methyl sites for hydroxylation is 1. The molecule has 0 saturated heterocycles. The molecule has 33 heavy (non-hydrogen) atoms. The number of carbonyl (C=O) groups excluding carboxylic acids is 1. The zero-order valence-electron chi connectivity index (χ0n) is 17.8. The molecule has 0 radical (unpaired) electrons. The van der Waals surface area contributed by atoms with E-state index in [9.17, 15) is 18.8 Å². The third-order valence-corrected chi connectivity index (χ3v) is 4.87. The summed E-state index contributed by atoms with van der Waals surface area (Å²) < 4.78 is 32.7. The summed E-state index contributed by atoms with van der Waals surface area (Å²) >= 11 is 6.15. The summed E-state index contributed by atoms with van der Waals surface area (Å²) in [5.74, 6) is -1.17. The maximum absolute atomic E-state index is 14.7. The fraction of sp³-hybridized carbons (Fsp3) is 0.174. The molecule has 0 amide bonds. The lowest BCUT2D eigenvalue weighted by molar-refractivity contribution is -0.144. The Hall–Kier alpha value is -3.85. The number of ether oxygens (including phenoxy) is 3. The maximum Gasteiger partial charge on any atom is 0.344 e. The topological polar surface area (TPSA) is 88.8 Å². The molecule has 0 aliphatic heterocycles. The van der Waals surface area contributed by atoms with Crippen molar-refractivity contribution in [3.63, 3.8) is 0 Å². The van der Waals surface area contributed by atoms with E-state index in [-0.39, 0.29) is 41.2 Å². The number of hydrogen-bond acceptors (Lipinski definition) is 6. The number of hydrogen-bond donors (Lipinski definition) is 0. The van der Waals surface area contributed by atoms with Crippen LogP contribution in [0.15, 0.2) is 64.7 Å². The predicted molar refractivity (Wildman–Crippen MR) is 120 cm³/mol. The maximum atomic E-state index is 14.7. The number of esters is 1. The van der Waals surface area contributed by atoms with E-state index in [1.54, 1.807) is 31.2 Å². The number of rotatable bonds is 8. The van der Waals surface area contributed by atoms with Crippen LogP contribution in [0.5, 0.6) is 17.2 Å². The van der Waals surface area contributed by atoms with Crippen molar-refractivity contribution >= 4 is 17.6 Å². The van der Waals surface area contributed by atoms with Gasteiger partial charge in [-0.05, 0) is 25.1 Å². The van der Waals surface area contributed by atoms with Gasteiger partial charge in [0.25, 0.3) is 5.56 Å². The van der Waals surface area contributed by atoms with Crippen molar-refractivity contribution in [2.75, 3.05) is 13.2 Å². The molecule has 0 fully saturated rings. The first kappa shape index (κ1) is 23.8. The molecule has 0 aliphatic carbocycles. The minimum absolute atomic E-state index is 0.0344. The average Bonchev–Trinajstić information content (AvgIpc) is 2.78. The van der Waals surface area contributed by atoms with Crippen molar-refractivity contribution in [2.45, 2.75) is 6.92 Å². The molecule has 1 heterocycles. The highest BCUT2D eigenvalue weighted by Gasteiger charge is 2.18. The smallest absolute Gasteiger partial charge is 0.344 e. The first-order chi connectivity index (χ1) is 15.7. The van der Waals surface area contributed by atoms with Gasteiger partial charge in [0.2, 0.25) is 0 Å². The number of aromatic nitrogens is 2. The normalized spacial score (nSPS) is 10.5. The van der Waals surface area contributed by atoms with Gasteiger partial charge in [-0.2, -0.15) is 0 Å². The predicted octanol–water partition coefficient (Wildman–Crippen LogP) is 3.54. The van der Waals surface area contributed by atoms with Gasteiger partial charge in [0.15, 0.2) is 18.1 Å². The van der Waals surface area contributed by atoms with E-state index in [0.717, 1.165) is 12.1 Å². The number of carbonyl (C=O) groups is 1. The van der Waals surface area contributed by atoms with Crippen molar-refractivity contribution in [3.8, 4) is 22.9 Å². The number of para-hydroxylation sites is 2. The molecule has 0 saturated carbocycles. The first-order valence-electron chi connectivity index (χ1n) is 9.68. The van der Waals surface area contributed by atoms with Crippen LogP contribution in [0, 0.1) is 12.7 Å². The van der Waals surface area contributed by atoms with E-state index in [4.69, 9.17) is 25.8 Å². The van der Waals surface area contributed by atoms with Crippen molar-refractivity contribution in [1.29, 1.82) is 0 Å². The van der Waals surface area contributed by atoms with Crippen LogP contribution in [-0.4, -0.2) is 28.3 Å². The lowest BCUT2D eigenvalue weighted by atomic mass is 10.2. The molecule has 10 heteroatoms. The summed E-state index contributed by atoms with van der Waals surface area (Å²) in [6.45, 7) is 4.71. The van der Waals surface area contributed by atoms with Crippen LogP contribution < -0.4 is 20.7 Å². The van der Waals surface area contributed by atoms with Crippen LogP contribution in [-0.2, 0) is 16.6 Å². The van der Waals surface area contributed by atoms with Crippen LogP contribution >= 0.6 is 11.6 Å². The van der Waals surface area contributed by atoms with E-state index in [1.807, 2.05) is 0 Å². The van der Waals surface area contributed by atoms with Crippen molar-refractivity contribution in [1.82, 2.24) is 9.13 Å². The second-order valence-electron chi connectivity index (χ2n) is 6.84. The highest BCUT2D eigenvalue weighted by Crippen LogP contribution is 2.36. The Bertz CT molecular complexity index is 1330. The third kappa shape index (κ3) is 5.32. The minimum atomic E-state index is -0.884. The van der Waals surface area contributed by atoms with Crippen LogP contribution in [0.3, 0.4) is 0 Å². The second kappa shape index (κ2) is 10.2. The average molecular weight is 475 g/mol. The van der Waals surface area contributed by atoms with Gasteiger partial charge < -0.3 is 18.8 Å². The fourth-order valence-corrected chi connectivity index (χ4v) is 3.02. The third-order valence-electron chi connectivity index (χ3n) is 4.58. The molecule has 0 atom stereocenters. The zero-order valence-corrected chi connectivity index (χ0v) is 18.6. The molecule has 3 aromatic rings. The summed E-state index contributed by atoms with van der Waals surface area (Å²) in [7, 11) is 1.46. The summed E-state index contributed by atoms with van der Waals surface area (Å²) in [4.78, 5) is 36.7. The Morgan fingerprint density at radius 2 is 1.85 bits per heavy atom. The summed E-state index contributed by atoms with van der Waals surface area (Å²) in [6.07, 6.45) is 1.43. The minimum Gasteiger partial charge on any atom is -0.478 e. The molecule has 172 valence electrons. The van der Waals surface area contributed by atoms with Gasteiger partial charge in [0, 0.05) is 24.9 Å². The Balaban J connectivity index is 1.97. The Kier molecular flexibility index (Phi) is 7.34. The Labute approximate surface area is 193 Å². The standard InChI is InChI=1S/C23H20ClFN2O6/c1-4-9-31-22(29)13-32-18-7-5-6-8-19(18)33-20-12-17(16(25)11-15(20)24)27-21(28)10-14(2)26(3)23(27)30/h4-8,10-12H,1,9,13H2,2-3H3. The van der Waals surface area contributed by atoms with E-state index in [1.165, 1.54) is 23.8 Å². The second-order valence-corrected chi connectivity index (χ2v) is 7.25. The van der Waals surface area contributed by atoms with Crippen LogP contribution in [0.25, 0.3) is 5.69 Å². The monoisotopic (exact) mass is 474 g/mol. The van der Waals surface area contributed by atoms with Gasteiger partial charge in [-0.25, -0.2) is 18.5 Å². The first-order valence-corrected chi connectivity index (χ1v) is 10.1. The van der Waals surface area contributed by atoms with E-state index < -0.39 is 23.0 Å². The summed E-state index contributed by atoms with van der Waals surface area (Å²) in [5.41, 5.74) is -1.34. The number of nitrogens with zero attached hydrogens (tertiary/aromatic N) is 2. The van der Waals surface area contributed by atoms with E-state index in [2.05, 4.69) is 6.58 Å². The van der Waals surface area contributed by atoms with Gasteiger partial charge in [0.05, 0.1) is 10.7 Å². The quantitative estimate of drug-likeness (QED) is 0.366. The number of halogens is 2. The largest absolute Gasteiger partial charge is 0.478 e. The zero-order chi connectivity index (χ0) is 24.1. The Morgan fingerprint density at radius 3 is 2.55 bits per heavy atom. The molecule has 8 nitrogen and oxygen atoms in total. The SMILES string of the molecule is C=CCOC(=O)COc1ccccc1Oc1cc(-n2c(=O)cc(C)n(C)c2=O)c(F)cc1Cl. The van der Waals surface area contributed by atoms with Crippen LogP contribution in [0.2, 0.25) is 5.02 Å². The molecular weight excluding hydrogens is 455 g/mol. The van der Waals surface area contributed by atoms with Gasteiger partial charge in [0.1, 0.15) is 18.2 Å². The van der Waals surface area contributed by atoms with Gasteiger partial charge >= 0.3 is 11.7 Å². The summed E-state index contributed by atoms with van der Waals surface area (Å²) in [5, 5.41) is -0.103. The van der Waals surface area contributed by atoms with Crippen LogP contribution in [0.1, 0.15) is 5.69 Å².